The largest absolute Gasteiger partial charge is 0.355 e. The topological polar surface area (TPSA) is 90.5 Å². The molecule has 6 aromatic rings. The number of nitrogens with zero attached hydrogens (tertiary/aromatic N) is 1. The molecule has 0 aliphatic carbocycles. The Labute approximate surface area is 287 Å². The highest BCUT2D eigenvalue weighted by molar-refractivity contribution is 5.92. The van der Waals surface area contributed by atoms with Gasteiger partial charge in [-0.15, -0.1) is 0 Å². The van der Waals surface area contributed by atoms with Crippen molar-refractivity contribution in [1.82, 2.24) is 20.9 Å². The fourth-order valence-electron chi connectivity index (χ4n) is 6.44. The van der Waals surface area contributed by atoms with Crippen LogP contribution in [0, 0.1) is 0 Å². The second-order valence-electron chi connectivity index (χ2n) is 12.3. The molecule has 0 bridgehead atoms. The van der Waals surface area contributed by atoms with E-state index in [9.17, 15) is 14.4 Å². The number of hydrogen-bond donors (Lipinski definition) is 3. The van der Waals surface area contributed by atoms with E-state index in [-0.39, 0.29) is 17.7 Å². The number of rotatable bonds is 15. The molecule has 0 aliphatic heterocycles. The van der Waals surface area contributed by atoms with Crippen LogP contribution in [0.4, 0.5) is 0 Å². The van der Waals surface area contributed by atoms with Gasteiger partial charge < -0.3 is 16.0 Å². The molecule has 0 saturated carbocycles. The molecular formula is C42H42N4O3. The van der Waals surface area contributed by atoms with Crippen molar-refractivity contribution in [2.24, 2.45) is 0 Å². The van der Waals surface area contributed by atoms with Gasteiger partial charge in [0, 0.05) is 39.3 Å². The average Bonchev–Trinajstić information content (AvgIpc) is 3.12. The molecule has 0 unspecified atom stereocenters. The number of carbonyl (C=O) groups excluding carboxylic acids is 3. The molecule has 0 spiro atoms. The molecule has 7 nitrogen and oxygen atoms in total. The predicted molar refractivity (Wildman–Crippen MR) is 198 cm³/mol. The van der Waals surface area contributed by atoms with Gasteiger partial charge in [-0.1, -0.05) is 127 Å². The van der Waals surface area contributed by atoms with E-state index in [4.69, 9.17) is 0 Å². The van der Waals surface area contributed by atoms with Crippen LogP contribution < -0.4 is 16.0 Å². The average molecular weight is 651 g/mol. The van der Waals surface area contributed by atoms with Gasteiger partial charge in [-0.3, -0.25) is 19.3 Å². The van der Waals surface area contributed by atoms with E-state index in [1.807, 2.05) is 91.0 Å². The normalized spacial score (nSPS) is 11.2. The Hall–Kier alpha value is -5.53. The van der Waals surface area contributed by atoms with Crippen LogP contribution >= 0.6 is 0 Å². The minimum atomic E-state index is -0.0388. The van der Waals surface area contributed by atoms with Crippen LogP contribution in [-0.2, 0) is 33.6 Å². The summed E-state index contributed by atoms with van der Waals surface area (Å²) in [7, 11) is 0. The fourth-order valence-corrected chi connectivity index (χ4v) is 6.44. The molecule has 6 aromatic carbocycles. The Kier molecular flexibility index (Phi) is 11.3. The monoisotopic (exact) mass is 650 g/mol. The molecule has 0 aliphatic rings. The summed E-state index contributed by atoms with van der Waals surface area (Å²) >= 11 is 0. The number of hydrogen-bond acceptors (Lipinski definition) is 4. The maximum atomic E-state index is 12.9. The smallest absolute Gasteiger partial charge is 0.224 e. The molecule has 0 radical (unpaired) electrons. The molecule has 3 N–H and O–H groups in total. The van der Waals surface area contributed by atoms with Crippen molar-refractivity contribution in [1.29, 1.82) is 0 Å². The number of nitrogens with one attached hydrogen (secondary N) is 3. The van der Waals surface area contributed by atoms with E-state index in [2.05, 4.69) is 57.2 Å². The summed E-state index contributed by atoms with van der Waals surface area (Å²) in [4.78, 5) is 41.0. The van der Waals surface area contributed by atoms with Gasteiger partial charge in [0.15, 0.2) is 0 Å². The lowest BCUT2D eigenvalue weighted by molar-refractivity contribution is -0.121. The highest BCUT2D eigenvalue weighted by atomic mass is 16.2. The van der Waals surface area contributed by atoms with Gasteiger partial charge in [0.05, 0.1) is 19.3 Å². The van der Waals surface area contributed by atoms with Crippen molar-refractivity contribution in [3.8, 4) is 0 Å². The zero-order valence-corrected chi connectivity index (χ0v) is 27.7. The summed E-state index contributed by atoms with van der Waals surface area (Å²) in [5.41, 5.74) is 2.99. The SMILES string of the molecule is O=C(Cc1cccc2ccccc12)NCCN(CCNC(=O)Cc1cccc2ccccc12)CCNC(=O)Cc1cccc2ccccc12. The van der Waals surface area contributed by atoms with Gasteiger partial charge in [0.2, 0.25) is 17.7 Å². The first-order valence-corrected chi connectivity index (χ1v) is 17.0. The van der Waals surface area contributed by atoms with Gasteiger partial charge in [-0.25, -0.2) is 0 Å². The van der Waals surface area contributed by atoms with Crippen LogP contribution in [0.2, 0.25) is 0 Å². The van der Waals surface area contributed by atoms with E-state index in [0.29, 0.717) is 58.5 Å². The summed E-state index contributed by atoms with van der Waals surface area (Å²) in [5, 5.41) is 15.8. The third-order valence-electron chi connectivity index (χ3n) is 8.94. The highest BCUT2D eigenvalue weighted by Crippen LogP contribution is 2.21. The zero-order chi connectivity index (χ0) is 33.8. The van der Waals surface area contributed by atoms with Crippen molar-refractivity contribution >= 4 is 50.0 Å². The quantitative estimate of drug-likeness (QED) is 0.131. The van der Waals surface area contributed by atoms with E-state index >= 15 is 0 Å². The Bertz CT molecular complexity index is 1820. The molecule has 0 atom stereocenters. The highest BCUT2D eigenvalue weighted by Gasteiger charge is 2.12. The third-order valence-corrected chi connectivity index (χ3v) is 8.94. The summed E-state index contributed by atoms with van der Waals surface area (Å²) in [6, 6.07) is 42.3. The minimum absolute atomic E-state index is 0.0388. The van der Waals surface area contributed by atoms with Gasteiger partial charge in [-0.05, 0) is 49.0 Å². The first-order valence-electron chi connectivity index (χ1n) is 17.0. The van der Waals surface area contributed by atoms with Crippen LogP contribution in [0.15, 0.2) is 127 Å². The molecule has 0 fully saturated rings. The van der Waals surface area contributed by atoms with Gasteiger partial charge in [0.1, 0.15) is 0 Å². The second-order valence-corrected chi connectivity index (χ2v) is 12.3. The van der Waals surface area contributed by atoms with Gasteiger partial charge in [0.25, 0.3) is 0 Å². The van der Waals surface area contributed by atoms with Crippen LogP contribution in [0.5, 0.6) is 0 Å². The van der Waals surface area contributed by atoms with Crippen molar-refractivity contribution in [3.05, 3.63) is 144 Å². The zero-order valence-electron chi connectivity index (χ0n) is 27.7. The molecule has 49 heavy (non-hydrogen) atoms. The molecule has 3 amide bonds. The van der Waals surface area contributed by atoms with Crippen LogP contribution in [0.1, 0.15) is 16.7 Å². The number of fused-ring (bicyclic) bond motifs is 3. The molecule has 248 valence electrons. The standard InChI is InChI=1S/C42H42N4O3/c47-40(28-34-16-7-13-31-10-1-4-19-37(31)34)43-22-25-46(26-23-44-41(48)29-35-17-8-14-32-11-2-5-20-38(32)35)27-24-45-42(49)30-36-18-9-15-33-12-3-6-21-39(33)36/h1-21H,22-30H2,(H,43,47)(H,44,48)(H,45,49). The number of benzene rings is 6. The Morgan fingerprint density at radius 3 is 1.00 bits per heavy atom. The van der Waals surface area contributed by atoms with E-state index in [1.165, 1.54) is 0 Å². The van der Waals surface area contributed by atoms with Crippen molar-refractivity contribution < 1.29 is 14.4 Å². The minimum Gasteiger partial charge on any atom is -0.355 e. The maximum absolute atomic E-state index is 12.9. The molecule has 6 rings (SSSR count). The summed E-state index contributed by atoms with van der Waals surface area (Å²) in [5.74, 6) is -0.116. The van der Waals surface area contributed by atoms with Crippen molar-refractivity contribution in [3.63, 3.8) is 0 Å². The lowest BCUT2D eigenvalue weighted by Gasteiger charge is -2.23. The Balaban J connectivity index is 1.02. The van der Waals surface area contributed by atoms with E-state index in [0.717, 1.165) is 49.0 Å². The van der Waals surface area contributed by atoms with E-state index in [1.54, 1.807) is 0 Å². The van der Waals surface area contributed by atoms with Crippen LogP contribution in [0.25, 0.3) is 32.3 Å². The van der Waals surface area contributed by atoms with Crippen LogP contribution in [-0.4, -0.2) is 61.9 Å². The van der Waals surface area contributed by atoms with Crippen LogP contribution in [0.3, 0.4) is 0 Å². The second kappa shape index (κ2) is 16.5. The first kappa shape index (κ1) is 33.4. The first-order chi connectivity index (χ1) is 24.0. The molecule has 0 aromatic heterocycles. The van der Waals surface area contributed by atoms with Gasteiger partial charge in [-0.2, -0.15) is 0 Å². The number of carbonyl (C=O) groups is 3. The predicted octanol–water partition coefficient (Wildman–Crippen LogP) is 5.82. The lowest BCUT2D eigenvalue weighted by Crippen LogP contribution is -2.43. The van der Waals surface area contributed by atoms with E-state index < -0.39 is 0 Å². The summed E-state index contributed by atoms with van der Waals surface area (Å²) in [6.07, 6.45) is 0.904. The molecule has 7 heteroatoms. The van der Waals surface area contributed by atoms with Crippen molar-refractivity contribution in [2.45, 2.75) is 19.3 Å². The maximum Gasteiger partial charge on any atom is 0.224 e. The summed E-state index contributed by atoms with van der Waals surface area (Å²) < 4.78 is 0. The van der Waals surface area contributed by atoms with Crippen molar-refractivity contribution in [2.75, 3.05) is 39.3 Å². The third kappa shape index (κ3) is 9.09. The fraction of sp³-hybridized carbons (Fsp3) is 0.214. The molecular weight excluding hydrogens is 608 g/mol. The van der Waals surface area contributed by atoms with Gasteiger partial charge >= 0.3 is 0 Å². The lowest BCUT2D eigenvalue weighted by atomic mass is 10.0. The number of amides is 3. The summed E-state index contributed by atoms with van der Waals surface area (Å²) in [6.45, 7) is 3.12. The molecule has 0 saturated heterocycles. The molecule has 0 heterocycles. The Morgan fingerprint density at radius 2 is 0.673 bits per heavy atom. The Morgan fingerprint density at radius 1 is 0.388 bits per heavy atom.